The Kier molecular flexibility index (Phi) is 2.66. The maximum atomic E-state index is 5.80. The van der Waals surface area contributed by atoms with Crippen LogP contribution in [0.5, 0.6) is 0 Å². The highest BCUT2D eigenvalue weighted by Crippen LogP contribution is 2.28. The molecule has 0 saturated carbocycles. The summed E-state index contributed by atoms with van der Waals surface area (Å²) < 4.78 is 11.2. The van der Waals surface area contributed by atoms with Crippen molar-refractivity contribution in [3.63, 3.8) is 0 Å². The van der Waals surface area contributed by atoms with E-state index in [1.807, 2.05) is 30.3 Å². The van der Waals surface area contributed by atoms with Crippen LogP contribution in [0.3, 0.4) is 0 Å². The maximum Gasteiger partial charge on any atom is 0.137 e. The van der Waals surface area contributed by atoms with E-state index in [4.69, 9.17) is 14.7 Å². The lowest BCUT2D eigenvalue weighted by Gasteiger charge is -2.09. The largest absolute Gasteiger partial charge is 0.467 e. The summed E-state index contributed by atoms with van der Waals surface area (Å²) in [5.74, 6) is 7.05. The SMILES string of the molecule is Cc1ccc2oc(C(NN)c3ccco3)cc2c1. The standard InChI is InChI=1S/C14H14N2O2/c1-9-4-5-11-10(7-9)8-13(18-11)14(16-15)12-3-2-6-17-12/h2-8,14,16H,15H2,1H3. The summed E-state index contributed by atoms with van der Waals surface area (Å²) in [7, 11) is 0. The van der Waals surface area contributed by atoms with Gasteiger partial charge in [-0.1, -0.05) is 11.6 Å². The number of hydrogen-bond donors (Lipinski definition) is 2. The third-order valence-electron chi connectivity index (χ3n) is 2.97. The van der Waals surface area contributed by atoms with Crippen LogP contribution in [-0.2, 0) is 0 Å². The molecule has 3 aromatic rings. The molecule has 0 fully saturated rings. The molecular formula is C14H14N2O2. The van der Waals surface area contributed by atoms with Crippen LogP contribution in [0.2, 0.25) is 0 Å². The highest BCUT2D eigenvalue weighted by molar-refractivity contribution is 5.78. The van der Waals surface area contributed by atoms with Gasteiger partial charge in [-0.15, -0.1) is 0 Å². The molecule has 4 heteroatoms. The summed E-state index contributed by atoms with van der Waals surface area (Å²) in [5.41, 5.74) is 4.76. The molecule has 4 nitrogen and oxygen atoms in total. The predicted octanol–water partition coefficient (Wildman–Crippen LogP) is 2.89. The third kappa shape index (κ3) is 1.81. The molecule has 3 N–H and O–H groups in total. The Balaban J connectivity index is 2.07. The number of nitrogens with one attached hydrogen (secondary N) is 1. The first-order valence-corrected chi connectivity index (χ1v) is 5.77. The first-order chi connectivity index (χ1) is 8.78. The van der Waals surface area contributed by atoms with Crippen molar-refractivity contribution >= 4 is 11.0 Å². The van der Waals surface area contributed by atoms with E-state index in [2.05, 4.69) is 18.4 Å². The maximum absolute atomic E-state index is 5.80. The molecule has 1 atom stereocenters. The number of hydrogen-bond acceptors (Lipinski definition) is 4. The Morgan fingerprint density at radius 3 is 2.78 bits per heavy atom. The van der Waals surface area contributed by atoms with Crippen LogP contribution in [0.4, 0.5) is 0 Å². The number of benzene rings is 1. The molecule has 92 valence electrons. The second-order valence-electron chi connectivity index (χ2n) is 4.31. The summed E-state index contributed by atoms with van der Waals surface area (Å²) in [6.45, 7) is 2.05. The van der Waals surface area contributed by atoms with Gasteiger partial charge in [0.1, 0.15) is 23.1 Å². The Hall–Kier alpha value is -2.04. The van der Waals surface area contributed by atoms with E-state index in [1.54, 1.807) is 6.26 Å². The second-order valence-corrected chi connectivity index (χ2v) is 4.31. The predicted molar refractivity (Wildman–Crippen MR) is 68.8 cm³/mol. The zero-order chi connectivity index (χ0) is 12.5. The minimum atomic E-state index is -0.271. The molecule has 1 aromatic carbocycles. The Morgan fingerprint density at radius 1 is 1.17 bits per heavy atom. The second kappa shape index (κ2) is 4.33. The van der Waals surface area contributed by atoms with E-state index in [1.165, 1.54) is 5.56 Å². The number of rotatable bonds is 3. The third-order valence-corrected chi connectivity index (χ3v) is 2.97. The van der Waals surface area contributed by atoms with Crippen LogP contribution in [0, 0.1) is 6.92 Å². The lowest BCUT2D eigenvalue weighted by atomic mass is 10.1. The van der Waals surface area contributed by atoms with Crippen molar-refractivity contribution < 1.29 is 8.83 Å². The van der Waals surface area contributed by atoms with Crippen LogP contribution in [0.15, 0.2) is 51.5 Å². The summed E-state index contributed by atoms with van der Waals surface area (Å²) in [5, 5.41) is 1.07. The number of aryl methyl sites for hydroxylation is 1. The van der Waals surface area contributed by atoms with Crippen molar-refractivity contribution in [2.45, 2.75) is 13.0 Å². The monoisotopic (exact) mass is 242 g/mol. The van der Waals surface area contributed by atoms with Gasteiger partial charge in [0, 0.05) is 5.39 Å². The Bertz CT molecular complexity index is 656. The molecule has 1 unspecified atom stereocenters. The molecule has 2 aromatic heterocycles. The van der Waals surface area contributed by atoms with Gasteiger partial charge in [-0.3, -0.25) is 5.84 Å². The zero-order valence-corrected chi connectivity index (χ0v) is 10.0. The molecule has 0 radical (unpaired) electrons. The summed E-state index contributed by atoms with van der Waals surface area (Å²) in [6.07, 6.45) is 1.62. The van der Waals surface area contributed by atoms with Crippen molar-refractivity contribution in [2.24, 2.45) is 5.84 Å². The molecule has 2 heterocycles. The normalized spacial score (nSPS) is 13.0. The van der Waals surface area contributed by atoms with Crippen molar-refractivity contribution in [3.8, 4) is 0 Å². The van der Waals surface area contributed by atoms with Crippen molar-refractivity contribution in [1.29, 1.82) is 0 Å². The summed E-state index contributed by atoms with van der Waals surface area (Å²) >= 11 is 0. The van der Waals surface area contributed by atoms with E-state index in [9.17, 15) is 0 Å². The van der Waals surface area contributed by atoms with E-state index >= 15 is 0 Å². The van der Waals surface area contributed by atoms with Gasteiger partial charge in [0.25, 0.3) is 0 Å². The molecule has 0 amide bonds. The molecule has 0 aliphatic heterocycles. The fourth-order valence-corrected chi connectivity index (χ4v) is 2.09. The zero-order valence-electron chi connectivity index (χ0n) is 10.0. The number of fused-ring (bicyclic) bond motifs is 1. The van der Waals surface area contributed by atoms with Gasteiger partial charge in [0.05, 0.1) is 6.26 Å². The molecule has 3 rings (SSSR count). The van der Waals surface area contributed by atoms with Gasteiger partial charge in [-0.05, 0) is 37.3 Å². The first-order valence-electron chi connectivity index (χ1n) is 5.77. The molecular weight excluding hydrogens is 228 g/mol. The van der Waals surface area contributed by atoms with Crippen LogP contribution in [0.25, 0.3) is 11.0 Å². The average molecular weight is 242 g/mol. The van der Waals surface area contributed by atoms with Crippen LogP contribution in [0.1, 0.15) is 23.1 Å². The first kappa shape index (κ1) is 11.1. The van der Waals surface area contributed by atoms with Gasteiger partial charge < -0.3 is 8.83 Å². The van der Waals surface area contributed by atoms with Crippen LogP contribution >= 0.6 is 0 Å². The fourth-order valence-electron chi connectivity index (χ4n) is 2.09. The van der Waals surface area contributed by atoms with Gasteiger partial charge in [-0.25, -0.2) is 5.43 Å². The van der Waals surface area contributed by atoms with Crippen molar-refractivity contribution in [1.82, 2.24) is 5.43 Å². The van der Waals surface area contributed by atoms with E-state index in [0.717, 1.165) is 22.5 Å². The van der Waals surface area contributed by atoms with Crippen molar-refractivity contribution in [2.75, 3.05) is 0 Å². The molecule has 18 heavy (non-hydrogen) atoms. The van der Waals surface area contributed by atoms with Crippen molar-refractivity contribution in [3.05, 3.63) is 59.7 Å². The van der Waals surface area contributed by atoms with E-state index in [0.29, 0.717) is 0 Å². The molecule has 0 bridgehead atoms. The molecule has 0 spiro atoms. The van der Waals surface area contributed by atoms with Crippen LogP contribution in [-0.4, -0.2) is 0 Å². The van der Waals surface area contributed by atoms with Gasteiger partial charge in [0.2, 0.25) is 0 Å². The summed E-state index contributed by atoms with van der Waals surface area (Å²) in [4.78, 5) is 0. The number of hydrazine groups is 1. The topological polar surface area (TPSA) is 64.3 Å². The fraction of sp³-hybridized carbons (Fsp3) is 0.143. The van der Waals surface area contributed by atoms with Gasteiger partial charge in [-0.2, -0.15) is 0 Å². The van der Waals surface area contributed by atoms with E-state index in [-0.39, 0.29) is 6.04 Å². The smallest absolute Gasteiger partial charge is 0.137 e. The Morgan fingerprint density at radius 2 is 2.06 bits per heavy atom. The number of furan rings is 2. The summed E-state index contributed by atoms with van der Waals surface area (Å²) in [6, 6.07) is 11.5. The highest BCUT2D eigenvalue weighted by Gasteiger charge is 2.19. The average Bonchev–Trinajstić information content (AvgIpc) is 2.98. The minimum Gasteiger partial charge on any atom is -0.467 e. The highest BCUT2D eigenvalue weighted by atomic mass is 16.4. The minimum absolute atomic E-state index is 0.271. The van der Waals surface area contributed by atoms with Gasteiger partial charge >= 0.3 is 0 Å². The number of nitrogens with two attached hydrogens (primary N) is 1. The quantitative estimate of drug-likeness (QED) is 0.547. The molecule has 0 aliphatic carbocycles. The molecule has 0 aliphatic rings. The van der Waals surface area contributed by atoms with Crippen LogP contribution < -0.4 is 11.3 Å². The lowest BCUT2D eigenvalue weighted by Crippen LogP contribution is -2.28. The Labute approximate surface area is 104 Å². The van der Waals surface area contributed by atoms with E-state index < -0.39 is 0 Å². The molecule has 0 saturated heterocycles. The lowest BCUT2D eigenvalue weighted by molar-refractivity contribution is 0.403. The van der Waals surface area contributed by atoms with Gasteiger partial charge in [0.15, 0.2) is 0 Å².